The van der Waals surface area contributed by atoms with Crippen LogP contribution in [0.2, 0.25) is 0 Å². The molecule has 1 aliphatic heterocycles. The van der Waals surface area contributed by atoms with Gasteiger partial charge in [-0.3, -0.25) is 4.79 Å². The smallest absolute Gasteiger partial charge is 0.410 e. The van der Waals surface area contributed by atoms with Gasteiger partial charge in [0.1, 0.15) is 5.60 Å². The Bertz CT molecular complexity index is 890. The molecule has 0 spiro atoms. The number of ether oxygens (including phenoxy) is 1. The van der Waals surface area contributed by atoms with E-state index >= 15 is 0 Å². The van der Waals surface area contributed by atoms with Gasteiger partial charge in [0.25, 0.3) is 0 Å². The van der Waals surface area contributed by atoms with Crippen LogP contribution < -0.4 is 10.6 Å². The molecule has 9 heteroatoms. The number of rotatable bonds is 4. The molecule has 1 heterocycles. The largest absolute Gasteiger partial charge is 0.444 e. The Balaban J connectivity index is 2.32. The van der Waals surface area contributed by atoms with E-state index in [9.17, 15) is 18.0 Å². The van der Waals surface area contributed by atoms with Crippen molar-refractivity contribution in [3.05, 3.63) is 23.8 Å². The maximum atomic E-state index is 12.6. The fourth-order valence-corrected chi connectivity index (χ4v) is 4.28. The quantitative estimate of drug-likeness (QED) is 0.792. The molecule has 2 rings (SSSR count). The summed E-state index contributed by atoms with van der Waals surface area (Å²) in [6.45, 7) is 11.0. The van der Waals surface area contributed by atoms with Crippen molar-refractivity contribution in [2.75, 3.05) is 30.8 Å². The summed E-state index contributed by atoms with van der Waals surface area (Å²) >= 11 is 0. The minimum Gasteiger partial charge on any atom is -0.444 e. The van der Waals surface area contributed by atoms with Crippen molar-refractivity contribution in [3.63, 3.8) is 0 Å². The first-order valence-corrected chi connectivity index (χ1v) is 11.5. The number of benzene rings is 1. The highest BCUT2D eigenvalue weighted by molar-refractivity contribution is 7.90. The lowest BCUT2D eigenvalue weighted by atomic mass is 9.99. The SMILES string of the molecule is CC(C)[C@@H]1CN(c2ccc(C(N)=O)c(S(C)(=O)=O)c2)CCN1C(=O)OC(C)(C)C. The van der Waals surface area contributed by atoms with E-state index in [1.807, 2.05) is 39.5 Å². The summed E-state index contributed by atoms with van der Waals surface area (Å²) in [6, 6.07) is 4.51. The molecule has 0 saturated carbocycles. The second-order valence-corrected chi connectivity index (χ2v) is 10.7. The summed E-state index contributed by atoms with van der Waals surface area (Å²) < 4.78 is 29.8. The van der Waals surface area contributed by atoms with Gasteiger partial charge in [-0.2, -0.15) is 0 Å². The molecule has 8 nitrogen and oxygen atoms in total. The molecule has 0 unspecified atom stereocenters. The fraction of sp³-hybridized carbons (Fsp3) is 0.600. The van der Waals surface area contributed by atoms with Gasteiger partial charge in [0.05, 0.1) is 16.5 Å². The summed E-state index contributed by atoms with van der Waals surface area (Å²) in [7, 11) is -3.63. The first-order chi connectivity index (χ1) is 13.2. The van der Waals surface area contributed by atoms with E-state index in [-0.39, 0.29) is 28.5 Å². The van der Waals surface area contributed by atoms with Gasteiger partial charge >= 0.3 is 6.09 Å². The van der Waals surface area contributed by atoms with Gasteiger partial charge in [-0.15, -0.1) is 0 Å². The van der Waals surface area contributed by atoms with Crippen LogP contribution in [0.5, 0.6) is 0 Å². The van der Waals surface area contributed by atoms with E-state index in [0.717, 1.165) is 6.26 Å². The van der Waals surface area contributed by atoms with E-state index in [0.29, 0.717) is 25.3 Å². The molecule has 1 aromatic rings. The topological polar surface area (TPSA) is 110 Å². The van der Waals surface area contributed by atoms with Crippen LogP contribution in [0.15, 0.2) is 23.1 Å². The van der Waals surface area contributed by atoms with Crippen molar-refractivity contribution in [1.29, 1.82) is 0 Å². The van der Waals surface area contributed by atoms with E-state index in [1.165, 1.54) is 12.1 Å². The molecule has 162 valence electrons. The van der Waals surface area contributed by atoms with Gasteiger partial charge in [0.15, 0.2) is 9.84 Å². The Morgan fingerprint density at radius 1 is 1.21 bits per heavy atom. The number of carbonyl (C=O) groups excluding carboxylic acids is 2. The first kappa shape index (κ1) is 23.0. The molecule has 2 N–H and O–H groups in total. The van der Waals surface area contributed by atoms with E-state index < -0.39 is 21.3 Å². The lowest BCUT2D eigenvalue weighted by Gasteiger charge is -2.44. The third-order valence-corrected chi connectivity index (χ3v) is 5.95. The molecule has 1 aliphatic rings. The molecule has 0 bridgehead atoms. The van der Waals surface area contributed by atoms with Crippen LogP contribution in [0, 0.1) is 5.92 Å². The molecular weight excluding hydrogens is 394 g/mol. The highest BCUT2D eigenvalue weighted by atomic mass is 32.2. The van der Waals surface area contributed by atoms with Crippen LogP contribution in [-0.4, -0.2) is 62.9 Å². The van der Waals surface area contributed by atoms with Crippen LogP contribution >= 0.6 is 0 Å². The van der Waals surface area contributed by atoms with Gasteiger partial charge in [0.2, 0.25) is 5.91 Å². The Labute approximate surface area is 172 Å². The van der Waals surface area contributed by atoms with Gasteiger partial charge in [0, 0.05) is 31.6 Å². The molecule has 0 radical (unpaired) electrons. The van der Waals surface area contributed by atoms with E-state index in [2.05, 4.69) is 0 Å². The molecule has 2 amide bonds. The van der Waals surface area contributed by atoms with Gasteiger partial charge < -0.3 is 20.3 Å². The highest BCUT2D eigenvalue weighted by Gasteiger charge is 2.35. The monoisotopic (exact) mass is 425 g/mol. The summed E-state index contributed by atoms with van der Waals surface area (Å²) in [6.07, 6.45) is 0.701. The van der Waals surface area contributed by atoms with Crippen molar-refractivity contribution >= 4 is 27.5 Å². The maximum absolute atomic E-state index is 12.6. The third kappa shape index (κ3) is 5.62. The summed E-state index contributed by atoms with van der Waals surface area (Å²) in [5, 5.41) is 0. The molecule has 1 aromatic carbocycles. The van der Waals surface area contributed by atoms with E-state index in [4.69, 9.17) is 10.5 Å². The Morgan fingerprint density at radius 3 is 2.31 bits per heavy atom. The molecule has 1 fully saturated rings. The number of nitrogens with two attached hydrogens (primary N) is 1. The van der Waals surface area contributed by atoms with Crippen LogP contribution in [0.4, 0.5) is 10.5 Å². The Kier molecular flexibility index (Phi) is 6.51. The second-order valence-electron chi connectivity index (χ2n) is 8.75. The van der Waals surface area contributed by atoms with Crippen molar-refractivity contribution in [1.82, 2.24) is 4.90 Å². The van der Waals surface area contributed by atoms with Crippen LogP contribution in [0.25, 0.3) is 0 Å². The van der Waals surface area contributed by atoms with Crippen LogP contribution in [-0.2, 0) is 14.6 Å². The molecular formula is C20H31N3O5S. The summed E-state index contributed by atoms with van der Waals surface area (Å²) in [5.41, 5.74) is 5.40. The highest BCUT2D eigenvalue weighted by Crippen LogP contribution is 2.28. The lowest BCUT2D eigenvalue weighted by molar-refractivity contribution is 0.00882. The van der Waals surface area contributed by atoms with Crippen molar-refractivity contribution in [2.24, 2.45) is 11.7 Å². The number of sulfone groups is 1. The second kappa shape index (κ2) is 8.22. The zero-order valence-corrected chi connectivity index (χ0v) is 18.7. The Morgan fingerprint density at radius 2 is 1.83 bits per heavy atom. The van der Waals surface area contributed by atoms with Crippen molar-refractivity contribution in [2.45, 2.75) is 51.2 Å². The van der Waals surface area contributed by atoms with Crippen LogP contribution in [0.3, 0.4) is 0 Å². The van der Waals surface area contributed by atoms with Crippen LogP contribution in [0.1, 0.15) is 45.0 Å². The molecule has 29 heavy (non-hydrogen) atoms. The number of carbonyl (C=O) groups is 2. The predicted octanol–water partition coefficient (Wildman–Crippen LogP) is 2.27. The minimum absolute atomic E-state index is 0.0240. The minimum atomic E-state index is -3.63. The molecule has 0 aliphatic carbocycles. The number of nitrogens with zero attached hydrogens (tertiary/aromatic N) is 2. The molecule has 1 atom stereocenters. The Hall–Kier alpha value is -2.29. The average Bonchev–Trinajstić information content (AvgIpc) is 2.58. The van der Waals surface area contributed by atoms with Crippen molar-refractivity contribution < 1.29 is 22.7 Å². The number of piperazine rings is 1. The molecule has 0 aromatic heterocycles. The standard InChI is InChI=1S/C20H31N3O5S/c1-13(2)16-12-22(9-10-23(16)19(25)28-20(3,4)5)14-7-8-15(18(21)24)17(11-14)29(6,26)27/h7-8,11,13,16H,9-10,12H2,1-6H3,(H2,21,24)/t16-/m0/s1. The number of anilines is 1. The molecule has 1 saturated heterocycles. The number of hydrogen-bond donors (Lipinski definition) is 1. The zero-order chi connectivity index (χ0) is 22.1. The number of primary amides is 1. The lowest BCUT2D eigenvalue weighted by Crippen LogP contribution is -2.58. The van der Waals surface area contributed by atoms with E-state index in [1.54, 1.807) is 11.0 Å². The predicted molar refractivity (Wildman–Crippen MR) is 112 cm³/mol. The van der Waals surface area contributed by atoms with Gasteiger partial charge in [-0.25, -0.2) is 13.2 Å². The normalized spacial score (nSPS) is 18.1. The number of amides is 2. The summed E-state index contributed by atoms with van der Waals surface area (Å²) in [4.78, 5) is 27.9. The van der Waals surface area contributed by atoms with Gasteiger partial charge in [-0.05, 0) is 44.9 Å². The first-order valence-electron chi connectivity index (χ1n) is 9.59. The zero-order valence-electron chi connectivity index (χ0n) is 17.9. The maximum Gasteiger partial charge on any atom is 0.410 e. The van der Waals surface area contributed by atoms with Crippen molar-refractivity contribution in [3.8, 4) is 0 Å². The number of hydrogen-bond acceptors (Lipinski definition) is 6. The average molecular weight is 426 g/mol. The summed E-state index contributed by atoms with van der Waals surface area (Å²) in [5.74, 6) is -0.614. The van der Waals surface area contributed by atoms with Gasteiger partial charge in [-0.1, -0.05) is 13.8 Å². The third-order valence-electron chi connectivity index (χ3n) is 4.81. The fourth-order valence-electron chi connectivity index (χ4n) is 3.38.